The molecule has 0 unspecified atom stereocenters. The van der Waals surface area contributed by atoms with Crippen LogP contribution in [-0.4, -0.2) is 35.0 Å². The molecule has 5 nitrogen and oxygen atoms in total. The Labute approximate surface area is 121 Å². The highest BCUT2D eigenvalue weighted by Crippen LogP contribution is 2.11. The summed E-state index contributed by atoms with van der Waals surface area (Å²) in [6, 6.07) is 4.07. The van der Waals surface area contributed by atoms with Crippen molar-refractivity contribution < 1.29 is 4.74 Å². The predicted octanol–water partition coefficient (Wildman–Crippen LogP) is 1.82. The number of rotatable bonds is 7. The molecule has 0 aliphatic carbocycles. The number of ether oxygens (including phenoxy) is 1. The van der Waals surface area contributed by atoms with Crippen LogP contribution in [0.15, 0.2) is 35.2 Å². The lowest BCUT2D eigenvalue weighted by Crippen LogP contribution is -2.21. The lowest BCUT2D eigenvalue weighted by Gasteiger charge is -2.08. The molecule has 2 aromatic heterocycles. The number of nitrogens with zero attached hydrogens (tertiary/aromatic N) is 3. The Morgan fingerprint density at radius 2 is 2.32 bits per heavy atom. The average molecular weight is 325 g/mol. The summed E-state index contributed by atoms with van der Waals surface area (Å²) in [5, 5.41) is 7.66. The van der Waals surface area contributed by atoms with E-state index in [1.165, 1.54) is 0 Å². The van der Waals surface area contributed by atoms with Crippen LogP contribution in [0.2, 0.25) is 0 Å². The van der Waals surface area contributed by atoms with Gasteiger partial charge in [0.2, 0.25) is 0 Å². The Morgan fingerprint density at radius 1 is 1.42 bits per heavy atom. The van der Waals surface area contributed by atoms with Gasteiger partial charge in [0.15, 0.2) is 0 Å². The van der Waals surface area contributed by atoms with Crippen molar-refractivity contribution in [2.24, 2.45) is 0 Å². The van der Waals surface area contributed by atoms with Crippen molar-refractivity contribution in [2.45, 2.75) is 13.1 Å². The maximum absolute atomic E-state index is 5.00. The third kappa shape index (κ3) is 4.41. The summed E-state index contributed by atoms with van der Waals surface area (Å²) in [6.45, 7) is 3.05. The highest BCUT2D eigenvalue weighted by atomic mass is 79.9. The maximum atomic E-state index is 5.00. The van der Waals surface area contributed by atoms with Crippen LogP contribution in [-0.2, 0) is 17.8 Å². The summed E-state index contributed by atoms with van der Waals surface area (Å²) in [6.07, 6.45) is 5.45. The molecule has 0 saturated heterocycles. The van der Waals surface area contributed by atoms with Crippen molar-refractivity contribution >= 4 is 15.9 Å². The lowest BCUT2D eigenvalue weighted by molar-refractivity contribution is 0.199. The lowest BCUT2D eigenvalue weighted by atomic mass is 10.3. The number of nitrogens with one attached hydrogen (secondary N) is 1. The van der Waals surface area contributed by atoms with Crippen LogP contribution in [0.3, 0.4) is 0 Å². The Bertz CT molecular complexity index is 515. The first-order valence-electron chi connectivity index (χ1n) is 6.09. The standard InChI is InChI=1S/C13H17BrN4O/c1-19-5-4-15-9-13-2-3-17-18(13)10-11-6-12(14)8-16-7-11/h2-3,6-8,15H,4-5,9-10H2,1H3. The van der Waals surface area contributed by atoms with E-state index in [9.17, 15) is 0 Å². The van der Waals surface area contributed by atoms with Crippen LogP contribution >= 0.6 is 15.9 Å². The normalized spacial score (nSPS) is 10.8. The molecule has 19 heavy (non-hydrogen) atoms. The number of aromatic nitrogens is 3. The molecule has 0 radical (unpaired) electrons. The number of hydrogen-bond acceptors (Lipinski definition) is 4. The second-order valence-electron chi connectivity index (χ2n) is 4.16. The summed E-state index contributed by atoms with van der Waals surface area (Å²) < 4.78 is 7.96. The van der Waals surface area contributed by atoms with Crippen LogP contribution in [0.1, 0.15) is 11.3 Å². The summed E-state index contributed by atoms with van der Waals surface area (Å²) >= 11 is 3.43. The molecule has 1 N–H and O–H groups in total. The molecule has 0 atom stereocenters. The topological polar surface area (TPSA) is 52.0 Å². The Kier molecular flexibility index (Phi) is 5.50. The van der Waals surface area contributed by atoms with E-state index in [2.05, 4.69) is 37.4 Å². The Hall–Kier alpha value is -1.24. The average Bonchev–Trinajstić information content (AvgIpc) is 2.82. The quantitative estimate of drug-likeness (QED) is 0.789. The molecular formula is C13H17BrN4O. The third-order valence-corrected chi connectivity index (χ3v) is 3.12. The van der Waals surface area contributed by atoms with Crippen molar-refractivity contribution in [3.8, 4) is 0 Å². The summed E-state index contributed by atoms with van der Waals surface area (Å²) in [4.78, 5) is 4.16. The second kappa shape index (κ2) is 7.37. The summed E-state index contributed by atoms with van der Waals surface area (Å²) in [5.41, 5.74) is 2.27. The first-order chi connectivity index (χ1) is 9.29. The molecule has 0 aliphatic rings. The fourth-order valence-electron chi connectivity index (χ4n) is 1.76. The fraction of sp³-hybridized carbons (Fsp3) is 0.385. The smallest absolute Gasteiger partial charge is 0.0678 e. The van der Waals surface area contributed by atoms with E-state index in [0.717, 1.165) is 35.4 Å². The number of pyridine rings is 1. The van der Waals surface area contributed by atoms with Gasteiger partial charge in [-0.1, -0.05) is 0 Å². The van der Waals surface area contributed by atoms with Crippen molar-refractivity contribution in [3.63, 3.8) is 0 Å². The van der Waals surface area contributed by atoms with Crippen LogP contribution in [0.5, 0.6) is 0 Å². The van der Waals surface area contributed by atoms with Crippen molar-refractivity contribution in [3.05, 3.63) is 46.5 Å². The minimum Gasteiger partial charge on any atom is -0.383 e. The summed E-state index contributed by atoms with van der Waals surface area (Å²) in [5.74, 6) is 0. The molecule has 6 heteroatoms. The molecule has 2 aromatic rings. The van der Waals surface area contributed by atoms with E-state index in [0.29, 0.717) is 6.61 Å². The van der Waals surface area contributed by atoms with Crippen molar-refractivity contribution in [1.82, 2.24) is 20.1 Å². The molecule has 0 spiro atoms. The number of methoxy groups -OCH3 is 1. The molecule has 102 valence electrons. The Balaban J connectivity index is 1.95. The first kappa shape index (κ1) is 14.2. The molecule has 0 bridgehead atoms. The van der Waals surface area contributed by atoms with Gasteiger partial charge in [0, 0.05) is 43.3 Å². The molecule has 0 saturated carbocycles. The predicted molar refractivity (Wildman–Crippen MR) is 76.8 cm³/mol. The van der Waals surface area contributed by atoms with E-state index in [4.69, 9.17) is 4.74 Å². The van der Waals surface area contributed by atoms with E-state index in [1.807, 2.05) is 23.1 Å². The largest absolute Gasteiger partial charge is 0.383 e. The molecule has 0 aromatic carbocycles. The van der Waals surface area contributed by atoms with Crippen LogP contribution < -0.4 is 5.32 Å². The molecule has 0 amide bonds. The fourth-order valence-corrected chi connectivity index (χ4v) is 2.17. The minimum atomic E-state index is 0.712. The zero-order valence-corrected chi connectivity index (χ0v) is 12.4. The highest BCUT2D eigenvalue weighted by molar-refractivity contribution is 9.10. The third-order valence-electron chi connectivity index (χ3n) is 2.69. The van der Waals surface area contributed by atoms with E-state index < -0.39 is 0 Å². The van der Waals surface area contributed by atoms with Gasteiger partial charge in [-0.2, -0.15) is 5.10 Å². The van der Waals surface area contributed by atoms with Gasteiger partial charge in [-0.15, -0.1) is 0 Å². The zero-order valence-electron chi connectivity index (χ0n) is 10.8. The van der Waals surface area contributed by atoms with Gasteiger partial charge in [0.1, 0.15) is 0 Å². The van der Waals surface area contributed by atoms with Gasteiger partial charge in [-0.05, 0) is 33.6 Å². The van der Waals surface area contributed by atoms with Crippen LogP contribution in [0.25, 0.3) is 0 Å². The van der Waals surface area contributed by atoms with Crippen molar-refractivity contribution in [1.29, 1.82) is 0 Å². The Morgan fingerprint density at radius 3 is 3.11 bits per heavy atom. The first-order valence-corrected chi connectivity index (χ1v) is 6.88. The van der Waals surface area contributed by atoms with Gasteiger partial charge >= 0.3 is 0 Å². The highest BCUT2D eigenvalue weighted by Gasteiger charge is 2.03. The van der Waals surface area contributed by atoms with Crippen LogP contribution in [0, 0.1) is 0 Å². The monoisotopic (exact) mass is 324 g/mol. The van der Waals surface area contributed by atoms with E-state index >= 15 is 0 Å². The maximum Gasteiger partial charge on any atom is 0.0678 e. The number of halogens is 1. The SMILES string of the molecule is COCCNCc1ccnn1Cc1cncc(Br)c1. The second-order valence-corrected chi connectivity index (χ2v) is 5.08. The van der Waals surface area contributed by atoms with Gasteiger partial charge in [-0.25, -0.2) is 0 Å². The van der Waals surface area contributed by atoms with Crippen molar-refractivity contribution in [2.75, 3.05) is 20.3 Å². The molecule has 2 heterocycles. The van der Waals surface area contributed by atoms with E-state index in [-0.39, 0.29) is 0 Å². The minimum absolute atomic E-state index is 0.712. The molecule has 0 aliphatic heterocycles. The van der Waals surface area contributed by atoms with Gasteiger partial charge in [0.25, 0.3) is 0 Å². The zero-order chi connectivity index (χ0) is 13.5. The molecule has 2 rings (SSSR count). The van der Waals surface area contributed by atoms with E-state index in [1.54, 1.807) is 13.3 Å². The summed E-state index contributed by atoms with van der Waals surface area (Å²) in [7, 11) is 1.70. The van der Waals surface area contributed by atoms with Gasteiger partial charge in [-0.3, -0.25) is 9.67 Å². The molecular weight excluding hydrogens is 308 g/mol. The van der Waals surface area contributed by atoms with Gasteiger partial charge in [0.05, 0.1) is 18.8 Å². The molecule has 0 fully saturated rings. The van der Waals surface area contributed by atoms with Gasteiger partial charge < -0.3 is 10.1 Å². The number of hydrogen-bond donors (Lipinski definition) is 1. The van der Waals surface area contributed by atoms with Crippen LogP contribution in [0.4, 0.5) is 0 Å².